The monoisotopic (exact) mass is 246 g/mol. The van der Waals surface area contributed by atoms with E-state index in [0.717, 1.165) is 12.8 Å². The lowest BCUT2D eigenvalue weighted by Gasteiger charge is -2.36. The average molecular weight is 246 g/mol. The van der Waals surface area contributed by atoms with Crippen molar-refractivity contribution in [3.63, 3.8) is 0 Å². The Morgan fingerprint density at radius 3 is 2.83 bits per heavy atom. The molecule has 0 spiro atoms. The predicted octanol–water partition coefficient (Wildman–Crippen LogP) is 2.28. The van der Waals surface area contributed by atoms with Gasteiger partial charge < -0.3 is 4.74 Å². The Balaban J connectivity index is 2.08. The molecule has 5 atom stereocenters. The first kappa shape index (κ1) is 11.7. The first-order valence-electron chi connectivity index (χ1n) is 6.58. The zero-order chi connectivity index (χ0) is 13.1. The van der Waals surface area contributed by atoms with Crippen molar-refractivity contribution >= 4 is 11.8 Å². The molecule has 2 fully saturated rings. The van der Waals surface area contributed by atoms with Crippen molar-refractivity contribution in [2.45, 2.75) is 32.8 Å². The topological polar surface area (TPSA) is 43.4 Å². The van der Waals surface area contributed by atoms with E-state index in [1.54, 1.807) is 6.08 Å². The first-order valence-corrected chi connectivity index (χ1v) is 6.58. The summed E-state index contributed by atoms with van der Waals surface area (Å²) in [6.07, 6.45) is 5.25. The number of ketones is 1. The third-order valence-electron chi connectivity index (χ3n) is 5.12. The first-order chi connectivity index (χ1) is 8.46. The molecule has 0 radical (unpaired) electrons. The van der Waals surface area contributed by atoms with E-state index in [9.17, 15) is 9.59 Å². The molecule has 3 aliphatic rings. The van der Waals surface area contributed by atoms with Gasteiger partial charge in [-0.25, -0.2) is 4.79 Å². The Labute approximate surface area is 107 Å². The molecular weight excluding hydrogens is 228 g/mol. The average Bonchev–Trinajstić information content (AvgIpc) is 2.75. The smallest absolute Gasteiger partial charge is 0.334 e. The van der Waals surface area contributed by atoms with Gasteiger partial charge in [0, 0.05) is 11.5 Å². The molecule has 3 rings (SSSR count). The lowest BCUT2D eigenvalue weighted by Crippen LogP contribution is -2.45. The molecule has 3 heteroatoms. The number of carbonyl (C=O) groups excluding carboxylic acids is 2. The van der Waals surface area contributed by atoms with Crippen LogP contribution in [0.4, 0.5) is 0 Å². The van der Waals surface area contributed by atoms with Crippen LogP contribution >= 0.6 is 0 Å². The highest BCUT2D eigenvalue weighted by atomic mass is 16.6. The molecule has 1 saturated heterocycles. The van der Waals surface area contributed by atoms with Crippen LogP contribution in [-0.4, -0.2) is 17.9 Å². The van der Waals surface area contributed by atoms with Gasteiger partial charge in [0.1, 0.15) is 6.10 Å². The summed E-state index contributed by atoms with van der Waals surface area (Å²) >= 11 is 0. The van der Waals surface area contributed by atoms with Crippen LogP contribution in [0.15, 0.2) is 24.3 Å². The van der Waals surface area contributed by atoms with Gasteiger partial charge in [0.15, 0.2) is 5.78 Å². The fraction of sp³-hybridized carbons (Fsp3) is 0.600. The number of esters is 1. The van der Waals surface area contributed by atoms with Crippen LogP contribution in [-0.2, 0) is 14.3 Å². The standard InChI is InChI=1S/C15H18O3/c1-8-4-5-10-9(2)14(17)18-13(10)15(3)11(8)6-7-12(15)16/h6-8,10-11,13H,2,4-5H2,1,3H3/t8-,10-,11-,13+,15-/m0/s1. The molecule has 2 aliphatic carbocycles. The molecule has 1 heterocycles. The summed E-state index contributed by atoms with van der Waals surface area (Å²) in [5.74, 6) is 0.408. The van der Waals surface area contributed by atoms with Gasteiger partial charge in [0.25, 0.3) is 0 Å². The van der Waals surface area contributed by atoms with Crippen LogP contribution in [0.3, 0.4) is 0 Å². The lowest BCUT2D eigenvalue weighted by atomic mass is 9.68. The van der Waals surface area contributed by atoms with Crippen molar-refractivity contribution in [3.05, 3.63) is 24.3 Å². The van der Waals surface area contributed by atoms with Crippen LogP contribution < -0.4 is 0 Å². The number of fused-ring (bicyclic) bond motifs is 3. The second-order valence-corrected chi connectivity index (χ2v) is 6.04. The maximum absolute atomic E-state index is 12.3. The largest absolute Gasteiger partial charge is 0.457 e. The Morgan fingerprint density at radius 1 is 1.39 bits per heavy atom. The minimum absolute atomic E-state index is 0.0128. The van der Waals surface area contributed by atoms with Gasteiger partial charge in [0.05, 0.1) is 5.41 Å². The molecule has 0 N–H and O–H groups in total. The zero-order valence-electron chi connectivity index (χ0n) is 10.8. The van der Waals surface area contributed by atoms with Crippen LogP contribution in [0, 0.1) is 23.2 Å². The van der Waals surface area contributed by atoms with Gasteiger partial charge in [-0.1, -0.05) is 19.6 Å². The van der Waals surface area contributed by atoms with E-state index in [4.69, 9.17) is 4.74 Å². The minimum Gasteiger partial charge on any atom is -0.457 e. The maximum Gasteiger partial charge on any atom is 0.334 e. The molecular formula is C15H18O3. The van der Waals surface area contributed by atoms with Gasteiger partial charge in [-0.15, -0.1) is 0 Å². The molecule has 0 aromatic rings. The molecule has 0 aromatic heterocycles. The summed E-state index contributed by atoms with van der Waals surface area (Å²) in [6, 6.07) is 0. The number of allylic oxidation sites excluding steroid dienone is 2. The summed E-state index contributed by atoms with van der Waals surface area (Å²) in [4.78, 5) is 24.0. The van der Waals surface area contributed by atoms with Crippen molar-refractivity contribution < 1.29 is 14.3 Å². The molecule has 0 bridgehead atoms. The fourth-order valence-electron chi connectivity index (χ4n) is 3.94. The highest BCUT2D eigenvalue weighted by molar-refractivity contribution is 6.00. The number of hydrogen-bond donors (Lipinski definition) is 0. The predicted molar refractivity (Wildman–Crippen MR) is 66.7 cm³/mol. The summed E-state index contributed by atoms with van der Waals surface area (Å²) < 4.78 is 5.49. The van der Waals surface area contributed by atoms with Crippen LogP contribution in [0.1, 0.15) is 26.7 Å². The van der Waals surface area contributed by atoms with E-state index in [2.05, 4.69) is 13.5 Å². The van der Waals surface area contributed by atoms with Gasteiger partial charge in [-0.3, -0.25) is 4.79 Å². The molecule has 0 aromatic carbocycles. The number of rotatable bonds is 0. The van der Waals surface area contributed by atoms with Gasteiger partial charge in [-0.05, 0) is 37.7 Å². The van der Waals surface area contributed by atoms with E-state index in [0.29, 0.717) is 11.5 Å². The van der Waals surface area contributed by atoms with Crippen molar-refractivity contribution in [1.29, 1.82) is 0 Å². The fourth-order valence-corrected chi connectivity index (χ4v) is 3.94. The molecule has 1 aliphatic heterocycles. The summed E-state index contributed by atoms with van der Waals surface area (Å²) in [7, 11) is 0. The second-order valence-electron chi connectivity index (χ2n) is 6.04. The van der Waals surface area contributed by atoms with E-state index < -0.39 is 5.41 Å². The lowest BCUT2D eigenvalue weighted by molar-refractivity contribution is -0.150. The van der Waals surface area contributed by atoms with Crippen molar-refractivity contribution in [2.24, 2.45) is 23.2 Å². The van der Waals surface area contributed by atoms with Gasteiger partial charge in [-0.2, -0.15) is 0 Å². The Kier molecular flexibility index (Phi) is 2.31. The zero-order valence-corrected chi connectivity index (χ0v) is 10.8. The third-order valence-corrected chi connectivity index (χ3v) is 5.12. The molecule has 96 valence electrons. The number of ether oxygens (including phenoxy) is 1. The molecule has 0 unspecified atom stereocenters. The van der Waals surface area contributed by atoms with Crippen molar-refractivity contribution in [2.75, 3.05) is 0 Å². The molecule has 1 saturated carbocycles. The van der Waals surface area contributed by atoms with E-state index in [1.807, 2.05) is 13.0 Å². The van der Waals surface area contributed by atoms with Crippen LogP contribution in [0.25, 0.3) is 0 Å². The van der Waals surface area contributed by atoms with Crippen molar-refractivity contribution in [3.8, 4) is 0 Å². The quantitative estimate of drug-likeness (QED) is 0.486. The van der Waals surface area contributed by atoms with Crippen LogP contribution in [0.5, 0.6) is 0 Å². The minimum atomic E-state index is -0.588. The van der Waals surface area contributed by atoms with Gasteiger partial charge in [0.2, 0.25) is 0 Å². The van der Waals surface area contributed by atoms with Crippen LogP contribution in [0.2, 0.25) is 0 Å². The van der Waals surface area contributed by atoms with E-state index in [1.165, 1.54) is 0 Å². The Morgan fingerprint density at radius 2 is 2.11 bits per heavy atom. The maximum atomic E-state index is 12.3. The second kappa shape index (κ2) is 3.56. The SMILES string of the molecule is C=C1C(=O)O[C@@H]2[C@H]1CC[C@H](C)[C@@H]1C=CC(=O)[C@@]21C. The van der Waals surface area contributed by atoms with E-state index >= 15 is 0 Å². The highest BCUT2D eigenvalue weighted by Crippen LogP contribution is 2.54. The molecule has 3 nitrogen and oxygen atoms in total. The molecule has 0 amide bonds. The van der Waals surface area contributed by atoms with Gasteiger partial charge >= 0.3 is 5.97 Å². The number of hydrogen-bond acceptors (Lipinski definition) is 3. The highest BCUT2D eigenvalue weighted by Gasteiger charge is 2.59. The summed E-state index contributed by atoms with van der Waals surface area (Å²) in [6.45, 7) is 7.98. The Bertz CT molecular complexity index is 476. The van der Waals surface area contributed by atoms with Crippen molar-refractivity contribution in [1.82, 2.24) is 0 Å². The number of carbonyl (C=O) groups is 2. The Hall–Kier alpha value is -1.38. The van der Waals surface area contributed by atoms with E-state index in [-0.39, 0.29) is 29.7 Å². The summed E-state index contributed by atoms with van der Waals surface area (Å²) in [5.41, 5.74) is -0.0378. The third kappa shape index (κ3) is 1.25. The molecule has 18 heavy (non-hydrogen) atoms. The summed E-state index contributed by atoms with van der Waals surface area (Å²) in [5, 5.41) is 0. The normalized spacial score (nSPS) is 46.7.